The van der Waals surface area contributed by atoms with Gasteiger partial charge in [0.05, 0.1) is 0 Å². The maximum Gasteiger partial charge on any atom is 4.00 e. The summed E-state index contributed by atoms with van der Waals surface area (Å²) in [6, 6.07) is 71.0. The van der Waals surface area contributed by atoms with Gasteiger partial charge in [0.2, 0.25) is 0 Å². The largest absolute Gasteiger partial charge is 4.00 e. The summed E-state index contributed by atoms with van der Waals surface area (Å²) in [5, 5.41) is 2.27. The third kappa shape index (κ3) is 7.52. The number of aromatic nitrogens is 1. The molecule has 1 aliphatic rings. The van der Waals surface area contributed by atoms with Gasteiger partial charge in [0.1, 0.15) is 0 Å². The zero-order valence-electron chi connectivity index (χ0n) is 35.8. The average Bonchev–Trinajstić information content (AvgIpc) is 3.82. The van der Waals surface area contributed by atoms with Crippen molar-refractivity contribution in [3.8, 4) is 39.4 Å². The summed E-state index contributed by atoms with van der Waals surface area (Å²) in [4.78, 5) is 4.58. The van der Waals surface area contributed by atoms with Crippen molar-refractivity contribution in [3.05, 3.63) is 206 Å². The summed E-state index contributed by atoms with van der Waals surface area (Å²) < 4.78 is 9.11. The van der Waals surface area contributed by atoms with Gasteiger partial charge in [-0.1, -0.05) is 162 Å². The van der Waals surface area contributed by atoms with Crippen LogP contribution in [-0.2, 0) is 31.9 Å². The fraction of sp³-hybridized carbons (Fsp3) is 0.140. The molecule has 0 N–H and O–H groups in total. The maximum atomic E-state index is 6.85. The molecule has 1 aromatic heterocycles. The smallest absolute Gasteiger partial charge is 0.509 e. The van der Waals surface area contributed by atoms with Gasteiger partial charge in [0.15, 0.2) is 0 Å². The molecule has 9 aromatic rings. The molecule has 0 amide bonds. The van der Waals surface area contributed by atoms with Crippen LogP contribution in [0.15, 0.2) is 170 Å². The predicted molar refractivity (Wildman–Crippen MR) is 254 cm³/mol. The Labute approximate surface area is 380 Å². The molecule has 0 bridgehead atoms. The zero-order valence-corrected chi connectivity index (χ0v) is 38.1. The first-order chi connectivity index (χ1) is 29.5. The predicted octanol–water partition coefficient (Wildman–Crippen LogP) is 15.3. The third-order valence-electron chi connectivity index (χ3n) is 11.7. The van der Waals surface area contributed by atoms with Crippen LogP contribution in [0.2, 0.25) is 0 Å². The van der Waals surface area contributed by atoms with E-state index in [-0.39, 0.29) is 31.9 Å². The van der Waals surface area contributed by atoms with Gasteiger partial charge >= 0.3 is 21.1 Å². The number of benzene rings is 8. The Hall–Kier alpha value is -6.35. The van der Waals surface area contributed by atoms with Crippen LogP contribution in [0.4, 0.5) is 22.7 Å². The molecule has 10 rings (SSSR count). The minimum Gasteiger partial charge on any atom is -0.509 e. The average molecular weight is 985 g/mol. The number of rotatable bonds is 7. The molecule has 0 radical (unpaired) electrons. The van der Waals surface area contributed by atoms with Gasteiger partial charge in [0, 0.05) is 45.2 Å². The van der Waals surface area contributed by atoms with E-state index in [1.54, 1.807) is 0 Å². The Balaban J connectivity index is 0.00000490. The first-order valence-electron chi connectivity index (χ1n) is 21.0. The molecule has 0 fully saturated rings. The fourth-order valence-corrected chi connectivity index (χ4v) is 8.48. The third-order valence-corrected chi connectivity index (χ3v) is 11.7. The van der Waals surface area contributed by atoms with Crippen molar-refractivity contribution in [3.63, 3.8) is 0 Å². The van der Waals surface area contributed by atoms with Gasteiger partial charge in [-0.2, -0.15) is 29.8 Å². The Bertz CT molecular complexity index is 3010. The minimum absolute atomic E-state index is 0. The first-order valence-corrected chi connectivity index (χ1v) is 21.0. The molecule has 5 heteroatoms. The minimum atomic E-state index is -0.171. The van der Waals surface area contributed by atoms with Crippen molar-refractivity contribution in [2.24, 2.45) is 0 Å². The molecule has 0 spiro atoms. The van der Waals surface area contributed by atoms with Crippen molar-refractivity contribution >= 4 is 44.6 Å². The Morgan fingerprint density at radius 3 is 1.76 bits per heavy atom. The fourth-order valence-electron chi connectivity index (χ4n) is 8.48. The maximum absolute atomic E-state index is 6.85. The van der Waals surface area contributed by atoms with E-state index in [0.717, 1.165) is 78.1 Å². The van der Waals surface area contributed by atoms with Crippen LogP contribution >= 0.6 is 0 Å². The van der Waals surface area contributed by atoms with Crippen LogP contribution in [0.5, 0.6) is 11.5 Å². The quantitative estimate of drug-likeness (QED) is 0.148. The van der Waals surface area contributed by atoms with E-state index in [0.29, 0.717) is 11.5 Å². The van der Waals surface area contributed by atoms with Gasteiger partial charge in [-0.15, -0.1) is 59.7 Å². The monoisotopic (exact) mass is 984 g/mol. The van der Waals surface area contributed by atoms with Crippen LogP contribution in [-0.4, -0.2) is 4.57 Å². The standard InChI is InChI=1S/C57H47N3O.Pt/c1-56(2,3)41-23-17-24-43(33-41)60-51-28-14-13-25-49(51)50-32-31-45(37-54(50)60)61-46-35-42(57(4,5)6)34-44(36-46)58-38-59(53-30-16-15-29-52(53)58)55-47(39-19-9-7-10-20-39)26-18-27-48(55)40-21-11-8-12-22-40;/h7-23,25-35,38H,1-6H3;/q-4;+4. The number of ether oxygens (including phenoxy) is 1. The van der Waals surface area contributed by atoms with Crippen molar-refractivity contribution in [1.29, 1.82) is 0 Å². The molecule has 8 aromatic carbocycles. The van der Waals surface area contributed by atoms with E-state index in [1.807, 2.05) is 12.1 Å². The number of anilines is 4. The second kappa shape index (κ2) is 16.2. The zero-order chi connectivity index (χ0) is 41.9. The van der Waals surface area contributed by atoms with Crippen LogP contribution in [0, 0.1) is 24.9 Å². The van der Waals surface area contributed by atoms with Gasteiger partial charge in [-0.05, 0) is 45.5 Å². The molecule has 62 heavy (non-hydrogen) atoms. The van der Waals surface area contributed by atoms with Crippen molar-refractivity contribution in [2.75, 3.05) is 9.80 Å². The molecule has 0 saturated heterocycles. The summed E-state index contributed by atoms with van der Waals surface area (Å²) in [6.07, 6.45) is 0. The van der Waals surface area contributed by atoms with Gasteiger partial charge in [-0.3, -0.25) is 0 Å². The normalized spacial score (nSPS) is 12.7. The summed E-state index contributed by atoms with van der Waals surface area (Å²) in [5.41, 5.74) is 14.0. The SMILES string of the molecule is CC(C)(C)c1cc(Oc2[c-]c3c(cc2)c2ccccc2n3-c2[c-]ccc(C(C)(C)C)c2)[c-]c(N2[CH-]N(c3c(-c4ccccc4)cccc3-c3ccccc3)c3ccccc32)c1.[Pt+4]. The number of hydrogen-bond acceptors (Lipinski definition) is 3. The number of nitrogens with zero attached hydrogens (tertiary/aromatic N) is 3. The molecule has 306 valence electrons. The summed E-state index contributed by atoms with van der Waals surface area (Å²) in [7, 11) is 0. The summed E-state index contributed by atoms with van der Waals surface area (Å²) in [6.45, 7) is 15.7. The van der Waals surface area contributed by atoms with Gasteiger partial charge in [-0.25, -0.2) is 0 Å². The molecule has 0 aliphatic carbocycles. The van der Waals surface area contributed by atoms with Crippen molar-refractivity contribution in [1.82, 2.24) is 4.57 Å². The van der Waals surface area contributed by atoms with Crippen LogP contribution in [0.3, 0.4) is 0 Å². The molecular formula is C57H47N3OPt. The summed E-state index contributed by atoms with van der Waals surface area (Å²) in [5.74, 6) is 1.24. The van der Waals surface area contributed by atoms with Crippen LogP contribution in [0.1, 0.15) is 52.7 Å². The number of fused-ring (bicyclic) bond motifs is 4. The second-order valence-electron chi connectivity index (χ2n) is 17.9. The van der Waals surface area contributed by atoms with Crippen LogP contribution < -0.4 is 14.5 Å². The first kappa shape index (κ1) is 41.0. The molecule has 0 atom stereocenters. The van der Waals surface area contributed by atoms with E-state index >= 15 is 0 Å². The van der Waals surface area contributed by atoms with Gasteiger partial charge in [0.25, 0.3) is 0 Å². The summed E-state index contributed by atoms with van der Waals surface area (Å²) >= 11 is 0. The molecular weight excluding hydrogens is 938 g/mol. The van der Waals surface area contributed by atoms with Gasteiger partial charge < -0.3 is 19.1 Å². The van der Waals surface area contributed by atoms with E-state index in [4.69, 9.17) is 4.74 Å². The topological polar surface area (TPSA) is 20.6 Å². The van der Waals surface area contributed by atoms with E-state index in [2.05, 4.69) is 239 Å². The van der Waals surface area contributed by atoms with E-state index in [1.165, 1.54) is 5.56 Å². The Kier molecular flexibility index (Phi) is 10.7. The van der Waals surface area contributed by atoms with Crippen LogP contribution in [0.25, 0.3) is 49.7 Å². The van der Waals surface area contributed by atoms with Crippen molar-refractivity contribution in [2.45, 2.75) is 52.4 Å². The molecule has 4 nitrogen and oxygen atoms in total. The molecule has 0 unspecified atom stereocenters. The van der Waals surface area contributed by atoms with Crippen molar-refractivity contribution < 1.29 is 25.8 Å². The van der Waals surface area contributed by atoms with E-state index in [9.17, 15) is 0 Å². The Morgan fingerprint density at radius 2 is 1.10 bits per heavy atom. The Morgan fingerprint density at radius 1 is 0.500 bits per heavy atom. The second-order valence-corrected chi connectivity index (χ2v) is 17.9. The van der Waals surface area contributed by atoms with E-state index < -0.39 is 0 Å². The molecule has 0 saturated carbocycles. The molecule has 2 heterocycles. The number of hydrogen-bond donors (Lipinski definition) is 0. The number of para-hydroxylation sites is 4. The molecule has 1 aliphatic heterocycles.